The zero-order chi connectivity index (χ0) is 19.5. The van der Waals surface area contributed by atoms with Crippen molar-refractivity contribution in [3.63, 3.8) is 0 Å². The van der Waals surface area contributed by atoms with Crippen LogP contribution >= 0.6 is 11.8 Å². The van der Waals surface area contributed by atoms with E-state index in [1.54, 1.807) is 0 Å². The Morgan fingerprint density at radius 3 is 2.48 bits per heavy atom. The fourth-order valence-electron chi connectivity index (χ4n) is 3.70. The van der Waals surface area contributed by atoms with E-state index in [2.05, 4.69) is 16.0 Å². The number of urea groups is 1. The molecular formula is C19H33N3O4S. The molecule has 0 aromatic rings. The summed E-state index contributed by atoms with van der Waals surface area (Å²) in [6.45, 7) is 0.730. The van der Waals surface area contributed by atoms with Crippen LogP contribution in [0.15, 0.2) is 0 Å². The van der Waals surface area contributed by atoms with Gasteiger partial charge < -0.3 is 21.1 Å². The van der Waals surface area contributed by atoms with E-state index >= 15 is 0 Å². The van der Waals surface area contributed by atoms with E-state index in [0.717, 1.165) is 70.1 Å². The number of carboxylic acid groups (broad SMARTS) is 1. The monoisotopic (exact) mass is 399 g/mol. The van der Waals surface area contributed by atoms with Gasteiger partial charge in [-0.15, -0.1) is 0 Å². The highest BCUT2D eigenvalue weighted by molar-refractivity contribution is 8.00. The second-order valence-corrected chi connectivity index (χ2v) is 8.75. The Morgan fingerprint density at radius 2 is 1.70 bits per heavy atom. The van der Waals surface area contributed by atoms with Crippen LogP contribution in [0.4, 0.5) is 4.79 Å². The SMILES string of the molecule is O=C(O)CCCCCCCCNC(=O)CCCCC1SCC2NC(=O)NC21. The van der Waals surface area contributed by atoms with Gasteiger partial charge in [0.15, 0.2) is 0 Å². The topological polar surface area (TPSA) is 108 Å². The average Bonchev–Trinajstić information content (AvgIpc) is 3.16. The number of carbonyl (C=O) groups excluding carboxylic acids is 2. The molecule has 154 valence electrons. The number of unbranched alkanes of at least 4 members (excludes halogenated alkanes) is 6. The van der Waals surface area contributed by atoms with Crippen LogP contribution in [0.5, 0.6) is 0 Å². The van der Waals surface area contributed by atoms with Gasteiger partial charge >= 0.3 is 12.0 Å². The molecule has 8 heteroatoms. The van der Waals surface area contributed by atoms with Gasteiger partial charge in [-0.05, 0) is 25.7 Å². The Balaban J connectivity index is 1.38. The van der Waals surface area contributed by atoms with Crippen molar-refractivity contribution in [1.82, 2.24) is 16.0 Å². The van der Waals surface area contributed by atoms with Crippen LogP contribution in [0.3, 0.4) is 0 Å². The molecule has 3 atom stereocenters. The summed E-state index contributed by atoms with van der Waals surface area (Å²) in [6, 6.07) is 0.475. The molecule has 3 unspecified atom stereocenters. The molecule has 0 aliphatic carbocycles. The minimum absolute atomic E-state index is 0.0464. The summed E-state index contributed by atoms with van der Waals surface area (Å²) >= 11 is 1.92. The summed E-state index contributed by atoms with van der Waals surface area (Å²) in [5.74, 6) is 0.393. The Labute approximate surface area is 165 Å². The van der Waals surface area contributed by atoms with Crippen LogP contribution in [-0.4, -0.2) is 52.6 Å². The quantitative estimate of drug-likeness (QED) is 0.265. The minimum Gasteiger partial charge on any atom is -0.481 e. The number of hydrogen-bond acceptors (Lipinski definition) is 4. The highest BCUT2D eigenvalue weighted by atomic mass is 32.2. The number of thioether (sulfide) groups is 1. The second kappa shape index (κ2) is 12.1. The lowest BCUT2D eigenvalue weighted by Crippen LogP contribution is -2.36. The van der Waals surface area contributed by atoms with Gasteiger partial charge in [-0.3, -0.25) is 9.59 Å². The molecule has 2 aliphatic rings. The number of hydrogen-bond donors (Lipinski definition) is 4. The van der Waals surface area contributed by atoms with Crippen LogP contribution in [0.2, 0.25) is 0 Å². The van der Waals surface area contributed by atoms with Crippen LogP contribution in [0.25, 0.3) is 0 Å². The standard InChI is InChI=1S/C19H33N3O4S/c23-16(20-12-8-4-2-1-3-5-11-17(24)25)10-7-6-9-15-18-14(13-27-15)21-19(26)22-18/h14-15,18H,1-13H2,(H,20,23)(H,24,25)(H2,21,22,26). The Bertz CT molecular complexity index is 503. The van der Waals surface area contributed by atoms with Crippen molar-refractivity contribution < 1.29 is 19.5 Å². The van der Waals surface area contributed by atoms with E-state index in [4.69, 9.17) is 5.11 Å². The first-order chi connectivity index (χ1) is 13.1. The molecule has 2 saturated heterocycles. The molecular weight excluding hydrogens is 366 g/mol. The smallest absolute Gasteiger partial charge is 0.315 e. The molecule has 4 N–H and O–H groups in total. The van der Waals surface area contributed by atoms with E-state index < -0.39 is 5.97 Å². The molecule has 2 heterocycles. The third-order valence-corrected chi connectivity index (χ3v) is 6.73. The highest BCUT2D eigenvalue weighted by Gasteiger charge is 2.42. The Kier molecular flexibility index (Phi) is 9.80. The molecule has 0 spiro atoms. The largest absolute Gasteiger partial charge is 0.481 e. The third kappa shape index (κ3) is 8.41. The van der Waals surface area contributed by atoms with E-state index in [1.165, 1.54) is 0 Å². The van der Waals surface area contributed by atoms with Crippen molar-refractivity contribution in [1.29, 1.82) is 0 Å². The molecule has 0 aromatic heterocycles. The summed E-state index contributed by atoms with van der Waals surface area (Å²) in [6.07, 6.45) is 9.76. The van der Waals surface area contributed by atoms with Gasteiger partial charge in [-0.25, -0.2) is 4.79 Å². The van der Waals surface area contributed by atoms with Gasteiger partial charge in [0.1, 0.15) is 0 Å². The lowest BCUT2D eigenvalue weighted by atomic mass is 10.0. The molecule has 0 bridgehead atoms. The molecule has 3 amide bonds. The predicted molar refractivity (Wildman–Crippen MR) is 107 cm³/mol. The molecule has 2 rings (SSSR count). The summed E-state index contributed by atoms with van der Waals surface area (Å²) in [7, 11) is 0. The van der Waals surface area contributed by atoms with E-state index in [0.29, 0.717) is 11.7 Å². The fraction of sp³-hybridized carbons (Fsp3) is 0.842. The maximum absolute atomic E-state index is 11.9. The van der Waals surface area contributed by atoms with Crippen molar-refractivity contribution in [3.05, 3.63) is 0 Å². The number of aliphatic carboxylic acids is 1. The normalized spacial score (nSPS) is 23.6. The van der Waals surface area contributed by atoms with E-state index in [-0.39, 0.29) is 30.4 Å². The van der Waals surface area contributed by atoms with Crippen LogP contribution in [-0.2, 0) is 9.59 Å². The van der Waals surface area contributed by atoms with Crippen LogP contribution in [0.1, 0.15) is 70.6 Å². The average molecular weight is 400 g/mol. The minimum atomic E-state index is -0.716. The van der Waals surface area contributed by atoms with Gasteiger partial charge in [0.05, 0.1) is 12.1 Å². The lowest BCUT2D eigenvalue weighted by Gasteiger charge is -2.16. The van der Waals surface area contributed by atoms with Gasteiger partial charge in [-0.2, -0.15) is 11.8 Å². The third-order valence-electron chi connectivity index (χ3n) is 5.22. The number of rotatable bonds is 14. The Hall–Kier alpha value is -1.44. The number of carbonyl (C=O) groups is 3. The first-order valence-corrected chi connectivity index (χ1v) is 11.3. The molecule has 0 aromatic carbocycles. The maximum atomic E-state index is 11.9. The molecule has 27 heavy (non-hydrogen) atoms. The summed E-state index contributed by atoms with van der Waals surface area (Å²) < 4.78 is 0. The molecule has 2 aliphatic heterocycles. The highest BCUT2D eigenvalue weighted by Crippen LogP contribution is 2.33. The second-order valence-electron chi connectivity index (χ2n) is 7.48. The zero-order valence-corrected chi connectivity index (χ0v) is 16.8. The van der Waals surface area contributed by atoms with Gasteiger partial charge in [0, 0.05) is 30.4 Å². The zero-order valence-electron chi connectivity index (χ0n) is 16.0. The maximum Gasteiger partial charge on any atom is 0.315 e. The van der Waals surface area contributed by atoms with E-state index in [1.807, 2.05) is 11.8 Å². The predicted octanol–water partition coefficient (Wildman–Crippen LogP) is 2.64. The van der Waals surface area contributed by atoms with E-state index in [9.17, 15) is 14.4 Å². The molecule has 0 saturated carbocycles. The van der Waals surface area contributed by atoms with Crippen LogP contribution in [0, 0.1) is 0 Å². The van der Waals surface area contributed by atoms with Crippen molar-refractivity contribution in [2.24, 2.45) is 0 Å². The molecule has 7 nitrogen and oxygen atoms in total. The van der Waals surface area contributed by atoms with Crippen molar-refractivity contribution >= 4 is 29.7 Å². The number of fused-ring (bicyclic) bond motifs is 1. The van der Waals surface area contributed by atoms with Crippen LogP contribution < -0.4 is 16.0 Å². The number of amides is 3. The lowest BCUT2D eigenvalue weighted by molar-refractivity contribution is -0.137. The summed E-state index contributed by atoms with van der Waals surface area (Å²) in [5.41, 5.74) is 0. The van der Waals surface area contributed by atoms with Gasteiger partial charge in [0.2, 0.25) is 5.91 Å². The fourth-order valence-corrected chi connectivity index (χ4v) is 5.24. The van der Waals surface area contributed by atoms with Crippen molar-refractivity contribution in [3.8, 4) is 0 Å². The first-order valence-electron chi connectivity index (χ1n) is 10.2. The van der Waals surface area contributed by atoms with Crippen molar-refractivity contribution in [2.75, 3.05) is 12.3 Å². The molecule has 0 radical (unpaired) electrons. The Morgan fingerprint density at radius 1 is 1.00 bits per heavy atom. The summed E-state index contributed by atoms with van der Waals surface area (Å²) in [5, 5.41) is 18.0. The number of nitrogens with one attached hydrogen (secondary N) is 3. The number of carboxylic acids is 1. The van der Waals surface area contributed by atoms with Gasteiger partial charge in [-0.1, -0.05) is 32.1 Å². The summed E-state index contributed by atoms with van der Waals surface area (Å²) in [4.78, 5) is 33.6. The van der Waals surface area contributed by atoms with Crippen molar-refractivity contribution in [2.45, 2.75) is 88.0 Å². The first kappa shape index (κ1) is 21.9. The van der Waals surface area contributed by atoms with Gasteiger partial charge in [0.25, 0.3) is 0 Å². The molecule has 2 fully saturated rings.